The third kappa shape index (κ3) is 5.21. The Kier molecular flexibility index (Phi) is 7.20. The fourth-order valence-corrected chi connectivity index (χ4v) is 6.43. The number of furan rings is 1. The van der Waals surface area contributed by atoms with Gasteiger partial charge in [0, 0.05) is 39.3 Å². The molecule has 2 aromatic rings. The molecule has 4 heterocycles. The van der Waals surface area contributed by atoms with Crippen LogP contribution in [0.15, 0.2) is 45.9 Å². The van der Waals surface area contributed by atoms with Crippen molar-refractivity contribution in [2.75, 3.05) is 57.3 Å². The van der Waals surface area contributed by atoms with Crippen LogP contribution >= 0.6 is 0 Å². The van der Waals surface area contributed by atoms with Gasteiger partial charge < -0.3 is 19.0 Å². The standard InChI is InChI=1S/C25H30N4O7S/c30-23(26-11-13-27(14-12-26)25(32)22-6-5-15-35-22)17-29-20-16-19(7-8-21(20)36-18-24(29)31)37(33,34)28-9-3-1-2-4-10-28/h5-8,15-16H,1-4,9-14,17-18H2. The van der Waals surface area contributed by atoms with Gasteiger partial charge in [0.1, 0.15) is 12.3 Å². The number of sulfonamides is 1. The van der Waals surface area contributed by atoms with E-state index < -0.39 is 15.9 Å². The van der Waals surface area contributed by atoms with E-state index in [1.54, 1.807) is 28.0 Å². The molecule has 0 unspecified atom stereocenters. The average molecular weight is 531 g/mol. The predicted octanol–water partition coefficient (Wildman–Crippen LogP) is 1.55. The van der Waals surface area contributed by atoms with Crippen molar-refractivity contribution in [3.05, 3.63) is 42.4 Å². The van der Waals surface area contributed by atoms with Gasteiger partial charge in [-0.2, -0.15) is 4.31 Å². The Bertz CT molecular complexity index is 1260. The Morgan fingerprint density at radius 2 is 1.59 bits per heavy atom. The number of anilines is 1. The van der Waals surface area contributed by atoms with Crippen LogP contribution in [0.4, 0.5) is 5.69 Å². The van der Waals surface area contributed by atoms with Crippen LogP contribution < -0.4 is 9.64 Å². The van der Waals surface area contributed by atoms with E-state index in [-0.39, 0.29) is 41.3 Å². The Hall–Kier alpha value is -3.38. The van der Waals surface area contributed by atoms with Crippen LogP contribution in [0.1, 0.15) is 36.2 Å². The first-order chi connectivity index (χ1) is 17.8. The molecule has 0 bridgehead atoms. The SMILES string of the molecule is O=C(CN1C(=O)COc2ccc(S(=O)(=O)N3CCCCCC3)cc21)N1CCN(C(=O)c2ccco2)CC1. The van der Waals surface area contributed by atoms with Crippen LogP contribution in [0.3, 0.4) is 0 Å². The highest BCUT2D eigenvalue weighted by molar-refractivity contribution is 7.89. The predicted molar refractivity (Wildman–Crippen MR) is 133 cm³/mol. The number of fused-ring (bicyclic) bond motifs is 1. The summed E-state index contributed by atoms with van der Waals surface area (Å²) in [5.41, 5.74) is 0.270. The normalized spacial score (nSPS) is 19.2. The average Bonchev–Trinajstić information content (AvgIpc) is 3.31. The van der Waals surface area contributed by atoms with Gasteiger partial charge in [0.05, 0.1) is 16.8 Å². The smallest absolute Gasteiger partial charge is 0.289 e. The summed E-state index contributed by atoms with van der Waals surface area (Å²) in [7, 11) is -3.74. The zero-order valence-electron chi connectivity index (χ0n) is 20.5. The molecule has 1 aromatic heterocycles. The summed E-state index contributed by atoms with van der Waals surface area (Å²) in [6.07, 6.45) is 5.06. The first kappa shape index (κ1) is 25.3. The molecule has 2 fully saturated rings. The zero-order chi connectivity index (χ0) is 26.0. The Balaban J connectivity index is 1.29. The van der Waals surface area contributed by atoms with E-state index in [9.17, 15) is 22.8 Å². The lowest BCUT2D eigenvalue weighted by atomic mass is 10.2. The highest BCUT2D eigenvalue weighted by atomic mass is 32.2. The summed E-state index contributed by atoms with van der Waals surface area (Å²) in [6.45, 7) is 1.78. The number of piperazine rings is 1. The van der Waals surface area contributed by atoms with Crippen LogP contribution in [-0.4, -0.2) is 92.7 Å². The third-order valence-corrected chi connectivity index (χ3v) is 8.92. The largest absolute Gasteiger partial charge is 0.482 e. The summed E-state index contributed by atoms with van der Waals surface area (Å²) in [5, 5.41) is 0. The first-order valence-electron chi connectivity index (χ1n) is 12.5. The topological polar surface area (TPSA) is 121 Å². The first-order valence-corrected chi connectivity index (χ1v) is 14.0. The molecule has 0 aliphatic carbocycles. The molecule has 5 rings (SSSR count). The summed E-state index contributed by atoms with van der Waals surface area (Å²) >= 11 is 0. The quantitative estimate of drug-likeness (QED) is 0.575. The van der Waals surface area contributed by atoms with Gasteiger partial charge in [0.2, 0.25) is 15.9 Å². The summed E-state index contributed by atoms with van der Waals surface area (Å²) in [6, 6.07) is 7.71. The van der Waals surface area contributed by atoms with E-state index in [0.717, 1.165) is 25.7 Å². The lowest BCUT2D eigenvalue weighted by Crippen LogP contribution is -2.53. The van der Waals surface area contributed by atoms with Crippen LogP contribution in [0.2, 0.25) is 0 Å². The fourth-order valence-electron chi connectivity index (χ4n) is 4.90. The molecular weight excluding hydrogens is 500 g/mol. The van der Waals surface area contributed by atoms with Gasteiger partial charge in [-0.3, -0.25) is 19.3 Å². The number of hydrogen-bond donors (Lipinski definition) is 0. The molecule has 1 aromatic carbocycles. The van der Waals surface area contributed by atoms with Crippen LogP contribution in [0.25, 0.3) is 0 Å². The van der Waals surface area contributed by atoms with E-state index in [0.29, 0.717) is 45.0 Å². The number of amides is 3. The maximum absolute atomic E-state index is 13.3. The maximum atomic E-state index is 13.3. The Morgan fingerprint density at radius 1 is 0.892 bits per heavy atom. The van der Waals surface area contributed by atoms with Crippen LogP contribution in [0, 0.1) is 0 Å². The molecule has 0 saturated carbocycles. The molecule has 11 nitrogen and oxygen atoms in total. The molecule has 12 heteroatoms. The number of carbonyl (C=O) groups is 3. The van der Waals surface area contributed by atoms with Gasteiger partial charge in [-0.1, -0.05) is 12.8 Å². The van der Waals surface area contributed by atoms with Crippen molar-refractivity contribution in [1.82, 2.24) is 14.1 Å². The highest BCUT2D eigenvalue weighted by Gasteiger charge is 2.33. The molecule has 3 aliphatic rings. The lowest BCUT2D eigenvalue weighted by molar-refractivity contribution is -0.133. The van der Waals surface area contributed by atoms with E-state index >= 15 is 0 Å². The second-order valence-electron chi connectivity index (χ2n) is 9.37. The molecule has 198 valence electrons. The number of benzene rings is 1. The van der Waals surface area contributed by atoms with Crippen molar-refractivity contribution in [2.24, 2.45) is 0 Å². The molecule has 3 aliphatic heterocycles. The minimum Gasteiger partial charge on any atom is -0.482 e. The van der Waals surface area contributed by atoms with Crippen LogP contribution in [0.5, 0.6) is 5.75 Å². The highest BCUT2D eigenvalue weighted by Crippen LogP contribution is 2.35. The molecular formula is C25H30N4O7S. The van der Waals surface area contributed by atoms with E-state index in [2.05, 4.69) is 0 Å². The van der Waals surface area contributed by atoms with Crippen molar-refractivity contribution in [3.8, 4) is 5.75 Å². The van der Waals surface area contributed by atoms with E-state index in [1.165, 1.54) is 27.6 Å². The minimum absolute atomic E-state index is 0.0777. The number of rotatable bonds is 5. The second kappa shape index (κ2) is 10.5. The number of carbonyl (C=O) groups excluding carboxylic acids is 3. The summed E-state index contributed by atoms with van der Waals surface area (Å²) in [5.74, 6) is -0.325. The molecule has 2 saturated heterocycles. The minimum atomic E-state index is -3.74. The number of ether oxygens (including phenoxy) is 1. The molecule has 0 N–H and O–H groups in total. The van der Waals surface area contributed by atoms with Gasteiger partial charge in [0.25, 0.3) is 11.8 Å². The van der Waals surface area contributed by atoms with Crippen molar-refractivity contribution >= 4 is 33.4 Å². The zero-order valence-corrected chi connectivity index (χ0v) is 21.3. The molecule has 0 radical (unpaired) electrons. The van der Waals surface area contributed by atoms with Crippen LogP contribution in [-0.2, 0) is 19.6 Å². The monoisotopic (exact) mass is 530 g/mol. The van der Waals surface area contributed by atoms with Crippen molar-refractivity contribution < 1.29 is 32.0 Å². The van der Waals surface area contributed by atoms with Gasteiger partial charge in [0.15, 0.2) is 12.4 Å². The van der Waals surface area contributed by atoms with Gasteiger partial charge in [-0.25, -0.2) is 8.42 Å². The Morgan fingerprint density at radius 3 is 2.27 bits per heavy atom. The van der Waals surface area contributed by atoms with Crippen molar-refractivity contribution in [2.45, 2.75) is 30.6 Å². The molecule has 3 amide bonds. The Labute approximate surface area is 215 Å². The van der Waals surface area contributed by atoms with Gasteiger partial charge >= 0.3 is 0 Å². The molecule has 37 heavy (non-hydrogen) atoms. The van der Waals surface area contributed by atoms with E-state index in [4.69, 9.17) is 9.15 Å². The fraction of sp³-hybridized carbons (Fsp3) is 0.480. The van der Waals surface area contributed by atoms with Gasteiger partial charge in [-0.05, 0) is 43.2 Å². The maximum Gasteiger partial charge on any atom is 0.289 e. The van der Waals surface area contributed by atoms with Gasteiger partial charge in [-0.15, -0.1) is 0 Å². The summed E-state index contributed by atoms with van der Waals surface area (Å²) < 4.78 is 38.8. The van der Waals surface area contributed by atoms with E-state index in [1.807, 2.05) is 0 Å². The second-order valence-corrected chi connectivity index (χ2v) is 11.3. The molecule has 0 spiro atoms. The lowest BCUT2D eigenvalue weighted by Gasteiger charge is -2.36. The third-order valence-electron chi connectivity index (χ3n) is 7.02. The number of hydrogen-bond acceptors (Lipinski definition) is 7. The van der Waals surface area contributed by atoms with Crippen molar-refractivity contribution in [1.29, 1.82) is 0 Å². The van der Waals surface area contributed by atoms with Crippen molar-refractivity contribution in [3.63, 3.8) is 0 Å². The number of nitrogens with zero attached hydrogens (tertiary/aromatic N) is 4. The molecule has 0 atom stereocenters. The summed E-state index contributed by atoms with van der Waals surface area (Å²) in [4.78, 5) is 43.0.